The van der Waals surface area contributed by atoms with Crippen LogP contribution in [0.5, 0.6) is 0 Å². The largest absolute Gasteiger partial charge is 0.465 e. The number of methoxy groups -OCH3 is 1. The number of aryl methyl sites for hydroxylation is 1. The molecule has 1 atom stereocenters. The molecule has 0 saturated carbocycles. The standard InChI is InChI=1S/C28H38N2O4S2/c1-6-21(35-19-13-11-12-18(16-19)29-23(31)17-28(2,3)4)25(32)30-26-24(27(33)34-5)20-14-9-7-8-10-15-22(20)36-26/h11-13,16,21H,6-10,14-15,17H2,1-5H3,(H,29,31)(H,30,32). The van der Waals surface area contributed by atoms with Crippen molar-refractivity contribution in [2.75, 3.05) is 17.7 Å². The van der Waals surface area contributed by atoms with Crippen LogP contribution in [0.4, 0.5) is 10.7 Å². The van der Waals surface area contributed by atoms with Crippen LogP contribution in [0.25, 0.3) is 0 Å². The molecule has 6 nitrogen and oxygen atoms in total. The summed E-state index contributed by atoms with van der Waals surface area (Å²) in [5.41, 5.74) is 2.19. The number of anilines is 2. The number of hydrogen-bond donors (Lipinski definition) is 2. The van der Waals surface area contributed by atoms with Crippen molar-refractivity contribution in [3.05, 3.63) is 40.3 Å². The van der Waals surface area contributed by atoms with Crippen LogP contribution in [0.15, 0.2) is 29.2 Å². The molecule has 0 radical (unpaired) electrons. The van der Waals surface area contributed by atoms with Gasteiger partial charge < -0.3 is 15.4 Å². The van der Waals surface area contributed by atoms with Crippen molar-refractivity contribution in [3.8, 4) is 0 Å². The Morgan fingerprint density at radius 2 is 1.81 bits per heavy atom. The fourth-order valence-corrected chi connectivity index (χ4v) is 6.63. The SMILES string of the molecule is CCC(Sc1cccc(NC(=O)CC(C)(C)C)c1)C(=O)Nc1sc2c(c1C(=O)OC)CCCCCC2. The van der Waals surface area contributed by atoms with Crippen molar-refractivity contribution >= 4 is 51.6 Å². The van der Waals surface area contributed by atoms with Crippen molar-refractivity contribution in [2.24, 2.45) is 5.41 Å². The van der Waals surface area contributed by atoms with E-state index in [1.54, 1.807) is 0 Å². The van der Waals surface area contributed by atoms with Crippen molar-refractivity contribution in [2.45, 2.75) is 89.2 Å². The highest BCUT2D eigenvalue weighted by atomic mass is 32.2. The van der Waals surface area contributed by atoms with Gasteiger partial charge in [-0.25, -0.2) is 4.79 Å². The summed E-state index contributed by atoms with van der Waals surface area (Å²) in [6, 6.07) is 7.58. The first-order valence-electron chi connectivity index (χ1n) is 12.7. The molecule has 1 aromatic heterocycles. The maximum Gasteiger partial charge on any atom is 0.341 e. The van der Waals surface area contributed by atoms with Crippen LogP contribution in [-0.4, -0.2) is 30.1 Å². The molecular formula is C28H38N2O4S2. The van der Waals surface area contributed by atoms with Crippen molar-refractivity contribution in [3.63, 3.8) is 0 Å². The fraction of sp³-hybridized carbons (Fsp3) is 0.536. The number of benzene rings is 1. The number of rotatable bonds is 8. The second kappa shape index (κ2) is 12.8. The lowest BCUT2D eigenvalue weighted by Crippen LogP contribution is -2.25. The first-order valence-corrected chi connectivity index (χ1v) is 14.4. The normalized spacial score (nSPS) is 14.7. The van der Waals surface area contributed by atoms with Gasteiger partial charge in [-0.2, -0.15) is 0 Å². The number of amides is 2. The molecule has 0 spiro atoms. The van der Waals surface area contributed by atoms with E-state index in [0.29, 0.717) is 23.4 Å². The van der Waals surface area contributed by atoms with Gasteiger partial charge in [0.05, 0.1) is 17.9 Å². The first kappa shape index (κ1) is 28.3. The van der Waals surface area contributed by atoms with Crippen LogP contribution in [0, 0.1) is 5.41 Å². The molecule has 0 saturated heterocycles. The Balaban J connectivity index is 1.75. The van der Waals surface area contributed by atoms with Crippen molar-refractivity contribution < 1.29 is 19.1 Å². The highest BCUT2D eigenvalue weighted by Crippen LogP contribution is 2.38. The Labute approximate surface area is 223 Å². The molecule has 196 valence electrons. The molecule has 2 aromatic rings. The highest BCUT2D eigenvalue weighted by molar-refractivity contribution is 8.00. The van der Waals surface area contributed by atoms with Crippen LogP contribution in [0.3, 0.4) is 0 Å². The summed E-state index contributed by atoms with van der Waals surface area (Å²) in [5, 5.41) is 6.27. The number of nitrogens with one attached hydrogen (secondary N) is 2. The zero-order valence-corrected chi connectivity index (χ0v) is 23.6. The number of fused-ring (bicyclic) bond motifs is 1. The molecular weight excluding hydrogens is 492 g/mol. The van der Waals surface area contributed by atoms with E-state index in [9.17, 15) is 14.4 Å². The van der Waals surface area contributed by atoms with Gasteiger partial charge in [0.25, 0.3) is 0 Å². The van der Waals surface area contributed by atoms with Gasteiger partial charge in [-0.3, -0.25) is 9.59 Å². The van der Waals surface area contributed by atoms with Gasteiger partial charge in [0.15, 0.2) is 0 Å². The maximum absolute atomic E-state index is 13.3. The minimum absolute atomic E-state index is 0.0296. The Morgan fingerprint density at radius 3 is 2.47 bits per heavy atom. The summed E-state index contributed by atoms with van der Waals surface area (Å²) in [4.78, 5) is 40.4. The molecule has 1 aromatic carbocycles. The zero-order chi connectivity index (χ0) is 26.3. The molecule has 3 rings (SSSR count). The van der Waals surface area contributed by atoms with E-state index in [4.69, 9.17) is 4.74 Å². The molecule has 1 heterocycles. The Morgan fingerprint density at radius 1 is 1.08 bits per heavy atom. The smallest absolute Gasteiger partial charge is 0.341 e. The van der Waals surface area contributed by atoms with Gasteiger partial charge in [-0.15, -0.1) is 23.1 Å². The molecule has 0 bridgehead atoms. The number of hydrogen-bond acceptors (Lipinski definition) is 6. The highest BCUT2D eigenvalue weighted by Gasteiger charge is 2.28. The minimum Gasteiger partial charge on any atom is -0.465 e. The van der Waals surface area contributed by atoms with Gasteiger partial charge in [-0.05, 0) is 61.3 Å². The summed E-state index contributed by atoms with van der Waals surface area (Å²) >= 11 is 2.97. The summed E-state index contributed by atoms with van der Waals surface area (Å²) in [5.74, 6) is -0.551. The summed E-state index contributed by atoms with van der Waals surface area (Å²) in [6.45, 7) is 8.06. The maximum atomic E-state index is 13.3. The molecule has 0 aliphatic heterocycles. The molecule has 1 unspecified atom stereocenters. The van der Waals surface area contributed by atoms with Crippen LogP contribution in [-0.2, 0) is 27.2 Å². The Hall–Kier alpha value is -2.32. The summed E-state index contributed by atoms with van der Waals surface area (Å²) in [6.07, 6.45) is 7.30. The lowest BCUT2D eigenvalue weighted by atomic mass is 9.92. The van der Waals surface area contributed by atoms with Gasteiger partial charge in [-0.1, -0.05) is 46.6 Å². The van der Waals surface area contributed by atoms with Gasteiger partial charge in [0.1, 0.15) is 5.00 Å². The molecule has 2 N–H and O–H groups in total. The third kappa shape index (κ3) is 7.84. The third-order valence-corrected chi connectivity index (χ3v) is 8.61. The molecule has 1 aliphatic rings. The average Bonchev–Trinajstić information content (AvgIpc) is 3.11. The number of esters is 1. The number of carbonyl (C=O) groups is 3. The van der Waals surface area contributed by atoms with Crippen LogP contribution >= 0.6 is 23.1 Å². The number of thiophene rings is 1. The second-order valence-electron chi connectivity index (χ2n) is 10.4. The lowest BCUT2D eigenvalue weighted by Gasteiger charge is -2.18. The molecule has 0 fully saturated rings. The van der Waals surface area contributed by atoms with Gasteiger partial charge in [0, 0.05) is 21.9 Å². The topological polar surface area (TPSA) is 84.5 Å². The number of ether oxygens (including phenoxy) is 1. The van der Waals surface area contributed by atoms with E-state index in [0.717, 1.165) is 48.3 Å². The predicted molar refractivity (Wildman–Crippen MR) is 149 cm³/mol. The minimum atomic E-state index is -0.386. The number of thioether (sulfide) groups is 1. The Bertz CT molecular complexity index is 1090. The van der Waals surface area contributed by atoms with Crippen molar-refractivity contribution in [1.82, 2.24) is 0 Å². The van der Waals surface area contributed by atoms with E-state index in [1.807, 2.05) is 52.0 Å². The lowest BCUT2D eigenvalue weighted by molar-refractivity contribution is -0.118. The summed E-state index contributed by atoms with van der Waals surface area (Å²) in [7, 11) is 1.39. The van der Waals surface area contributed by atoms with Gasteiger partial charge >= 0.3 is 5.97 Å². The van der Waals surface area contributed by atoms with Crippen LogP contribution < -0.4 is 10.6 Å². The molecule has 36 heavy (non-hydrogen) atoms. The quantitative estimate of drug-likeness (QED) is 0.281. The predicted octanol–water partition coefficient (Wildman–Crippen LogP) is 7.08. The first-order chi connectivity index (χ1) is 17.1. The van der Waals surface area contributed by atoms with E-state index in [1.165, 1.54) is 41.5 Å². The Kier molecular flexibility index (Phi) is 10.0. The average molecular weight is 531 g/mol. The molecule has 2 amide bonds. The third-order valence-electron chi connectivity index (χ3n) is 6.05. The van der Waals surface area contributed by atoms with E-state index in [2.05, 4.69) is 10.6 Å². The van der Waals surface area contributed by atoms with Crippen LogP contribution in [0.2, 0.25) is 0 Å². The molecule has 8 heteroatoms. The van der Waals surface area contributed by atoms with E-state index >= 15 is 0 Å². The summed E-state index contributed by atoms with van der Waals surface area (Å²) < 4.78 is 5.09. The van der Waals surface area contributed by atoms with Crippen molar-refractivity contribution in [1.29, 1.82) is 0 Å². The van der Waals surface area contributed by atoms with Crippen LogP contribution in [0.1, 0.15) is 87.0 Å². The second-order valence-corrected chi connectivity index (χ2v) is 12.8. The van der Waals surface area contributed by atoms with Gasteiger partial charge in [0.2, 0.25) is 11.8 Å². The number of carbonyl (C=O) groups excluding carboxylic acids is 3. The zero-order valence-electron chi connectivity index (χ0n) is 22.0. The van der Waals surface area contributed by atoms with E-state index in [-0.39, 0.29) is 28.4 Å². The van der Waals surface area contributed by atoms with E-state index < -0.39 is 0 Å². The fourth-order valence-electron chi connectivity index (χ4n) is 4.34. The monoisotopic (exact) mass is 530 g/mol. The molecule has 1 aliphatic carbocycles.